The van der Waals surface area contributed by atoms with E-state index in [2.05, 4.69) is 40.0 Å². The molecule has 0 aliphatic carbocycles. The largest absolute Gasteiger partial charge is 0.573 e. The number of hydrogen-bond donors (Lipinski definition) is 0. The lowest BCUT2D eigenvalue weighted by molar-refractivity contribution is -0.274. The molecule has 26 heavy (non-hydrogen) atoms. The highest BCUT2D eigenvalue weighted by Crippen LogP contribution is 2.40. The van der Waals surface area contributed by atoms with Crippen LogP contribution < -0.4 is 4.74 Å². The molecule has 2 aromatic rings. The Kier molecular flexibility index (Phi) is 4.49. The molecule has 2 aliphatic rings. The van der Waals surface area contributed by atoms with Gasteiger partial charge in [-0.25, -0.2) is 0 Å². The van der Waals surface area contributed by atoms with E-state index in [0.717, 1.165) is 36.9 Å². The van der Waals surface area contributed by atoms with Crippen molar-refractivity contribution in [3.8, 4) is 5.75 Å². The maximum absolute atomic E-state index is 12.5. The van der Waals surface area contributed by atoms with E-state index in [9.17, 15) is 13.2 Å². The summed E-state index contributed by atoms with van der Waals surface area (Å²) in [6, 6.07) is 17.5. The van der Waals surface area contributed by atoms with Crippen molar-refractivity contribution in [3.05, 3.63) is 71.8 Å². The molecule has 2 aromatic carbocycles. The first-order valence-corrected chi connectivity index (χ1v) is 8.84. The van der Waals surface area contributed by atoms with Crippen molar-refractivity contribution in [1.29, 1.82) is 0 Å². The summed E-state index contributed by atoms with van der Waals surface area (Å²) in [6.45, 7) is 0.914. The predicted octanol–water partition coefficient (Wildman–Crippen LogP) is 5.41. The fourth-order valence-corrected chi connectivity index (χ4v) is 4.07. The third kappa shape index (κ3) is 3.78. The van der Waals surface area contributed by atoms with E-state index in [1.807, 2.05) is 12.1 Å². The maximum Gasteiger partial charge on any atom is 0.573 e. The fourth-order valence-electron chi connectivity index (χ4n) is 4.07. The number of fused-ring (bicyclic) bond motifs is 2. The van der Waals surface area contributed by atoms with E-state index >= 15 is 0 Å². The molecule has 2 heterocycles. The number of nitrogens with zero attached hydrogens (tertiary/aromatic N) is 1. The van der Waals surface area contributed by atoms with Gasteiger partial charge in [-0.3, -0.25) is 4.90 Å². The van der Waals surface area contributed by atoms with Gasteiger partial charge >= 0.3 is 6.36 Å². The molecule has 1 saturated heterocycles. The van der Waals surface area contributed by atoms with Crippen LogP contribution in [0.3, 0.4) is 0 Å². The summed E-state index contributed by atoms with van der Waals surface area (Å²) in [7, 11) is 0. The fraction of sp³-hybridized carbons (Fsp3) is 0.333. The molecule has 0 N–H and O–H groups in total. The van der Waals surface area contributed by atoms with Gasteiger partial charge < -0.3 is 4.74 Å². The molecule has 2 aliphatic heterocycles. The van der Waals surface area contributed by atoms with Gasteiger partial charge in [0.1, 0.15) is 5.75 Å². The van der Waals surface area contributed by atoms with Crippen LogP contribution in [0.2, 0.25) is 0 Å². The van der Waals surface area contributed by atoms with Crippen LogP contribution in [0.5, 0.6) is 5.75 Å². The molecule has 4 rings (SSSR count). The van der Waals surface area contributed by atoms with Crippen LogP contribution in [-0.2, 0) is 6.54 Å². The first kappa shape index (κ1) is 17.2. The summed E-state index contributed by atoms with van der Waals surface area (Å²) in [5.74, 6) is -0.157. The Morgan fingerprint density at radius 1 is 1.00 bits per heavy atom. The lowest BCUT2D eigenvalue weighted by Crippen LogP contribution is -2.37. The summed E-state index contributed by atoms with van der Waals surface area (Å²) in [4.78, 5) is 2.51. The first-order chi connectivity index (χ1) is 12.5. The lowest BCUT2D eigenvalue weighted by Gasteiger charge is -2.34. The summed E-state index contributed by atoms with van der Waals surface area (Å²) >= 11 is 0. The zero-order chi connectivity index (χ0) is 18.1. The van der Waals surface area contributed by atoms with E-state index in [-0.39, 0.29) is 5.75 Å². The average molecular weight is 359 g/mol. The van der Waals surface area contributed by atoms with E-state index in [1.54, 1.807) is 6.07 Å². The van der Waals surface area contributed by atoms with E-state index in [4.69, 9.17) is 0 Å². The van der Waals surface area contributed by atoms with Crippen molar-refractivity contribution >= 4 is 5.57 Å². The quantitative estimate of drug-likeness (QED) is 0.724. The van der Waals surface area contributed by atoms with Gasteiger partial charge in [0.2, 0.25) is 0 Å². The molecule has 2 atom stereocenters. The smallest absolute Gasteiger partial charge is 0.406 e. The van der Waals surface area contributed by atoms with Crippen molar-refractivity contribution in [2.24, 2.45) is 0 Å². The van der Waals surface area contributed by atoms with Crippen LogP contribution in [0.1, 0.15) is 30.4 Å². The van der Waals surface area contributed by atoms with Crippen molar-refractivity contribution in [2.45, 2.75) is 44.3 Å². The van der Waals surface area contributed by atoms with Gasteiger partial charge in [-0.15, -0.1) is 13.2 Å². The third-order valence-corrected chi connectivity index (χ3v) is 5.19. The zero-order valence-electron chi connectivity index (χ0n) is 14.2. The van der Waals surface area contributed by atoms with Gasteiger partial charge in [0, 0.05) is 18.6 Å². The Hall–Kier alpha value is -2.27. The molecule has 2 unspecified atom stereocenters. The Morgan fingerprint density at radius 3 is 2.54 bits per heavy atom. The normalized spacial score (nSPS) is 23.0. The molecule has 2 bridgehead atoms. The minimum atomic E-state index is -4.66. The summed E-state index contributed by atoms with van der Waals surface area (Å²) in [6.07, 6.45) is 0.638. The van der Waals surface area contributed by atoms with Gasteiger partial charge in [-0.05, 0) is 48.1 Å². The molecule has 0 radical (unpaired) electrons. The highest BCUT2D eigenvalue weighted by molar-refractivity contribution is 5.69. The topological polar surface area (TPSA) is 12.5 Å². The number of ether oxygens (including phenoxy) is 1. The van der Waals surface area contributed by atoms with Gasteiger partial charge in [-0.1, -0.05) is 48.5 Å². The van der Waals surface area contributed by atoms with Crippen molar-refractivity contribution in [3.63, 3.8) is 0 Å². The minimum absolute atomic E-state index is 0.157. The second kappa shape index (κ2) is 6.80. The van der Waals surface area contributed by atoms with E-state index in [1.165, 1.54) is 17.7 Å². The minimum Gasteiger partial charge on any atom is -0.406 e. The molecule has 136 valence electrons. The molecule has 0 saturated carbocycles. The third-order valence-electron chi connectivity index (χ3n) is 5.19. The Balaban J connectivity index is 1.53. The maximum atomic E-state index is 12.5. The van der Waals surface area contributed by atoms with Crippen LogP contribution in [0.4, 0.5) is 13.2 Å². The van der Waals surface area contributed by atoms with E-state index < -0.39 is 6.36 Å². The van der Waals surface area contributed by atoms with Gasteiger partial charge in [0.25, 0.3) is 0 Å². The highest BCUT2D eigenvalue weighted by atomic mass is 19.4. The number of halogens is 3. The molecule has 0 aromatic heterocycles. The summed E-state index contributed by atoms with van der Waals surface area (Å²) < 4.78 is 41.5. The predicted molar refractivity (Wildman–Crippen MR) is 94.5 cm³/mol. The standard InChI is InChI=1S/C21H20F3NO/c22-21(23,24)26-20-8-4-7-16(13-20)17-11-18-9-10-19(12-17)25(18)14-15-5-2-1-3-6-15/h1-8,11,13,18-19H,9-10,12,14H2. The Morgan fingerprint density at radius 2 is 1.81 bits per heavy atom. The number of rotatable bonds is 4. The van der Waals surface area contributed by atoms with Crippen LogP contribution in [0.25, 0.3) is 5.57 Å². The van der Waals surface area contributed by atoms with Crippen molar-refractivity contribution in [1.82, 2.24) is 4.90 Å². The van der Waals surface area contributed by atoms with Crippen LogP contribution in [0.15, 0.2) is 60.7 Å². The van der Waals surface area contributed by atoms with Crippen LogP contribution >= 0.6 is 0 Å². The number of benzene rings is 2. The summed E-state index contributed by atoms with van der Waals surface area (Å²) in [5.41, 5.74) is 3.24. The lowest BCUT2D eigenvalue weighted by atomic mass is 9.94. The number of hydrogen-bond acceptors (Lipinski definition) is 2. The molecule has 0 amide bonds. The Bertz CT molecular complexity index is 800. The average Bonchev–Trinajstić information content (AvgIpc) is 2.83. The number of alkyl halides is 3. The van der Waals surface area contributed by atoms with Crippen molar-refractivity contribution < 1.29 is 17.9 Å². The van der Waals surface area contributed by atoms with Gasteiger partial charge in [0.15, 0.2) is 0 Å². The molecule has 0 spiro atoms. The van der Waals surface area contributed by atoms with Crippen LogP contribution in [0, 0.1) is 0 Å². The molecule has 1 fully saturated rings. The molecule has 2 nitrogen and oxygen atoms in total. The zero-order valence-corrected chi connectivity index (χ0v) is 14.2. The summed E-state index contributed by atoms with van der Waals surface area (Å²) in [5, 5.41) is 0. The van der Waals surface area contributed by atoms with E-state index in [0.29, 0.717) is 12.1 Å². The highest BCUT2D eigenvalue weighted by Gasteiger charge is 2.37. The molecular formula is C21H20F3NO. The van der Waals surface area contributed by atoms with Gasteiger partial charge in [-0.2, -0.15) is 0 Å². The Labute approximate surface area is 150 Å². The molecule has 5 heteroatoms. The monoisotopic (exact) mass is 359 g/mol. The second-order valence-electron chi connectivity index (χ2n) is 6.93. The first-order valence-electron chi connectivity index (χ1n) is 8.84. The van der Waals surface area contributed by atoms with Crippen molar-refractivity contribution in [2.75, 3.05) is 0 Å². The van der Waals surface area contributed by atoms with Gasteiger partial charge in [0.05, 0.1) is 0 Å². The van der Waals surface area contributed by atoms with Crippen LogP contribution in [-0.4, -0.2) is 23.3 Å². The molecular weight excluding hydrogens is 339 g/mol. The SMILES string of the molecule is FC(F)(F)Oc1cccc(C2=CC3CCC(C2)N3Cc2ccccc2)c1. The second-order valence-corrected chi connectivity index (χ2v) is 6.93.